The number of fused-ring (bicyclic) bond motifs is 16. The summed E-state index contributed by atoms with van der Waals surface area (Å²) >= 11 is 0. The van der Waals surface area contributed by atoms with E-state index >= 15 is 0 Å². The van der Waals surface area contributed by atoms with E-state index in [4.69, 9.17) is 0 Å². The molecule has 320 valence electrons. The highest BCUT2D eigenvalue weighted by Crippen LogP contribution is 2.59. The van der Waals surface area contributed by atoms with Crippen molar-refractivity contribution in [2.75, 3.05) is 33.7 Å². The number of hydrogen-bond acceptors (Lipinski definition) is 4. The van der Waals surface area contributed by atoms with Crippen LogP contribution in [0, 0.1) is 0 Å². The van der Waals surface area contributed by atoms with Gasteiger partial charge in [0.2, 0.25) is 0 Å². The highest BCUT2D eigenvalue weighted by atomic mass is 15.3. The fourth-order valence-corrected chi connectivity index (χ4v) is 12.6. The molecule has 0 spiro atoms. The maximum atomic E-state index is 2.53. The lowest BCUT2D eigenvalue weighted by Crippen LogP contribution is -2.27. The molecule has 4 aliphatic rings. The maximum absolute atomic E-state index is 2.53. The Balaban J connectivity index is 1.10. The Morgan fingerprint density at radius 1 is 0.324 bits per heavy atom. The Morgan fingerprint density at radius 2 is 0.809 bits per heavy atom. The summed E-state index contributed by atoms with van der Waals surface area (Å²) in [5.41, 5.74) is 22.7. The van der Waals surface area contributed by atoms with Gasteiger partial charge in [-0.15, -0.1) is 0 Å². The summed E-state index contributed by atoms with van der Waals surface area (Å²) in [4.78, 5) is 9.66. The Morgan fingerprint density at radius 3 is 1.44 bits per heavy atom. The summed E-state index contributed by atoms with van der Waals surface area (Å²) in [6.07, 6.45) is 0. The van der Waals surface area contributed by atoms with Crippen molar-refractivity contribution >= 4 is 89.2 Å². The molecule has 0 saturated heterocycles. The van der Waals surface area contributed by atoms with Crippen LogP contribution in [-0.4, -0.2) is 14.1 Å². The van der Waals surface area contributed by atoms with Crippen LogP contribution >= 0.6 is 0 Å². The molecule has 3 aliphatic heterocycles. The molecule has 0 fully saturated rings. The molecule has 0 aromatic heterocycles. The predicted molar refractivity (Wildman–Crippen MR) is 286 cm³/mol. The number of anilines is 10. The van der Waals surface area contributed by atoms with Gasteiger partial charge < -0.3 is 19.6 Å². The minimum Gasteiger partial charge on any atom is -0.341 e. The van der Waals surface area contributed by atoms with E-state index in [1.165, 1.54) is 117 Å². The number of nitrogens with zero attached hydrogens (tertiary/aromatic N) is 4. The number of para-hydroxylation sites is 6. The van der Waals surface area contributed by atoms with Gasteiger partial charge in [-0.2, -0.15) is 0 Å². The summed E-state index contributed by atoms with van der Waals surface area (Å²) in [5.74, 6) is 0. The van der Waals surface area contributed by atoms with Gasteiger partial charge in [0.05, 0.1) is 45.5 Å². The lowest BCUT2D eigenvalue weighted by atomic mass is 9.73. The topological polar surface area (TPSA) is 13.0 Å². The highest BCUT2D eigenvalue weighted by Gasteiger charge is 2.42. The molecule has 15 rings (SSSR count). The zero-order valence-corrected chi connectivity index (χ0v) is 38.0. The quantitative estimate of drug-likeness (QED) is 0.160. The van der Waals surface area contributed by atoms with Gasteiger partial charge in [0.25, 0.3) is 0 Å². The molecule has 4 nitrogen and oxygen atoms in total. The van der Waals surface area contributed by atoms with E-state index in [1.54, 1.807) is 0 Å². The molecule has 11 aromatic carbocycles. The van der Waals surface area contributed by atoms with Crippen molar-refractivity contribution in [3.05, 3.63) is 229 Å². The molecular formula is C64H44N4. The molecule has 1 unspecified atom stereocenters. The van der Waals surface area contributed by atoms with E-state index in [1.807, 2.05) is 0 Å². The third-order valence-corrected chi connectivity index (χ3v) is 15.8. The lowest BCUT2D eigenvalue weighted by molar-refractivity contribution is 0.714. The molecule has 1 aliphatic carbocycles. The molecule has 0 radical (unpaired) electrons. The molecule has 3 heterocycles. The van der Waals surface area contributed by atoms with Crippen LogP contribution in [0.3, 0.4) is 0 Å². The minimum atomic E-state index is -0.402. The van der Waals surface area contributed by atoms with Gasteiger partial charge in [0.15, 0.2) is 0 Å². The Kier molecular flexibility index (Phi) is 7.46. The van der Waals surface area contributed by atoms with E-state index in [2.05, 4.69) is 253 Å². The lowest BCUT2D eigenvalue weighted by Gasteiger charge is -2.40. The Labute approximate surface area is 395 Å². The fourth-order valence-electron chi connectivity index (χ4n) is 12.6. The van der Waals surface area contributed by atoms with E-state index in [9.17, 15) is 0 Å². The Bertz CT molecular complexity index is 3970. The molecule has 0 N–H and O–H groups in total. The number of benzene rings is 11. The smallest absolute Gasteiger partial charge is 0.0702 e. The summed E-state index contributed by atoms with van der Waals surface area (Å²) in [7, 11) is 4.39. The third kappa shape index (κ3) is 4.88. The molecule has 4 heteroatoms. The molecule has 68 heavy (non-hydrogen) atoms. The van der Waals surface area contributed by atoms with Gasteiger partial charge in [-0.3, -0.25) is 0 Å². The zero-order chi connectivity index (χ0) is 45.0. The summed E-state index contributed by atoms with van der Waals surface area (Å²) < 4.78 is 0. The average Bonchev–Trinajstić information content (AvgIpc) is 3.65. The fraction of sp³-hybridized carbons (Fsp3) is 0.0625. The number of hydrogen-bond donors (Lipinski definition) is 0. The van der Waals surface area contributed by atoms with Crippen LogP contribution in [0.15, 0.2) is 212 Å². The van der Waals surface area contributed by atoms with Gasteiger partial charge in [-0.05, 0) is 174 Å². The van der Waals surface area contributed by atoms with E-state index in [-0.39, 0.29) is 0 Å². The van der Waals surface area contributed by atoms with Crippen LogP contribution < -0.4 is 19.6 Å². The summed E-state index contributed by atoms with van der Waals surface area (Å²) in [6.45, 7) is 2.45. The van der Waals surface area contributed by atoms with E-state index in [0.29, 0.717) is 0 Å². The average molecular weight is 869 g/mol. The summed E-state index contributed by atoms with van der Waals surface area (Å²) in [5, 5.41) is 7.36. The van der Waals surface area contributed by atoms with Gasteiger partial charge in [-0.1, -0.05) is 127 Å². The van der Waals surface area contributed by atoms with Crippen LogP contribution in [0.1, 0.15) is 23.6 Å². The first-order chi connectivity index (χ1) is 33.4. The summed E-state index contributed by atoms with van der Waals surface area (Å²) in [6, 6.07) is 80.3. The van der Waals surface area contributed by atoms with Crippen molar-refractivity contribution in [1.29, 1.82) is 0 Å². The maximum Gasteiger partial charge on any atom is 0.0702 e. The van der Waals surface area contributed by atoms with Crippen LogP contribution in [0.2, 0.25) is 0 Å². The van der Waals surface area contributed by atoms with Gasteiger partial charge in [0, 0.05) is 30.9 Å². The van der Waals surface area contributed by atoms with Gasteiger partial charge in [0.1, 0.15) is 0 Å². The number of rotatable bonds is 2. The molecule has 0 saturated carbocycles. The minimum absolute atomic E-state index is 0.402. The van der Waals surface area contributed by atoms with Crippen molar-refractivity contribution in [2.45, 2.75) is 12.3 Å². The largest absolute Gasteiger partial charge is 0.341 e. The molecule has 0 amide bonds. The second kappa shape index (κ2) is 13.5. The van der Waals surface area contributed by atoms with Crippen molar-refractivity contribution in [2.24, 2.45) is 0 Å². The monoisotopic (exact) mass is 868 g/mol. The molecular weight excluding hydrogens is 825 g/mol. The molecule has 11 aromatic rings. The van der Waals surface area contributed by atoms with E-state index < -0.39 is 5.41 Å². The zero-order valence-electron chi connectivity index (χ0n) is 38.0. The van der Waals surface area contributed by atoms with Crippen LogP contribution in [0.4, 0.5) is 56.9 Å². The van der Waals surface area contributed by atoms with Crippen LogP contribution in [0.25, 0.3) is 65.7 Å². The van der Waals surface area contributed by atoms with Crippen molar-refractivity contribution < 1.29 is 0 Å². The van der Waals surface area contributed by atoms with Gasteiger partial charge >= 0.3 is 0 Å². The normalized spacial score (nSPS) is 15.8. The first-order valence-corrected chi connectivity index (χ1v) is 23.7. The predicted octanol–water partition coefficient (Wildman–Crippen LogP) is 17.2. The first-order valence-electron chi connectivity index (χ1n) is 23.7. The van der Waals surface area contributed by atoms with Crippen molar-refractivity contribution in [1.82, 2.24) is 0 Å². The van der Waals surface area contributed by atoms with E-state index in [0.717, 1.165) is 22.7 Å². The third-order valence-electron chi connectivity index (χ3n) is 15.8. The SMILES string of the molecule is CN1c2ccccc2N(c2ccc3c4c5cc(ccc5c(-c5ccc6ccccc6c5)c3c2)N2c3ccccc3N(C)c3ccc(cc32)C2(C)c3ccccc3-c3ccc-4cc32)c2ccccc21. The Hall–Kier alpha value is -8.60. The molecule has 1 atom stereocenters. The van der Waals surface area contributed by atoms with Gasteiger partial charge in [-0.25, -0.2) is 0 Å². The van der Waals surface area contributed by atoms with Crippen LogP contribution in [-0.2, 0) is 5.41 Å². The standard InChI is InChI=1S/C64H44N4/c1-64-43-27-33-57-61(36-43)68(60-23-13-10-20-56(60)66(57)3)45-29-32-48-51(38-45)63(42-26-30-47(53(64)35-42)46-16-6-7-17-52(46)64)49-31-28-44(37-50(49)62(48)41-25-24-39-14-4-5-15-40(39)34-41)67-58-21-11-8-18-54(58)65(2)55-19-9-12-22-59(55)67/h4-38H,1-3H3. The van der Waals surface area contributed by atoms with Crippen molar-refractivity contribution in [3.8, 4) is 33.4 Å². The highest BCUT2D eigenvalue weighted by molar-refractivity contribution is 6.23. The molecule has 6 bridgehead atoms. The second-order valence-electron chi connectivity index (χ2n) is 19.2. The van der Waals surface area contributed by atoms with Crippen molar-refractivity contribution in [3.63, 3.8) is 0 Å². The first kappa shape index (κ1) is 37.6. The second-order valence-corrected chi connectivity index (χ2v) is 19.2. The van der Waals surface area contributed by atoms with Crippen LogP contribution in [0.5, 0.6) is 0 Å².